The number of nitrogens with zero attached hydrogens (tertiary/aromatic N) is 1. The van der Waals surface area contributed by atoms with Crippen molar-refractivity contribution in [1.29, 1.82) is 0 Å². The topological polar surface area (TPSA) is 69.6 Å². The second-order valence-corrected chi connectivity index (χ2v) is 8.04. The maximum absolute atomic E-state index is 12.6. The van der Waals surface area contributed by atoms with E-state index in [1.54, 1.807) is 30.3 Å². The van der Waals surface area contributed by atoms with Gasteiger partial charge < -0.3 is 5.21 Å². The molecule has 0 saturated heterocycles. The lowest BCUT2D eigenvalue weighted by atomic mass is 10.1. The van der Waals surface area contributed by atoms with Gasteiger partial charge in [0.2, 0.25) is 10.0 Å². The lowest BCUT2D eigenvalue weighted by Crippen LogP contribution is -2.42. The average molecular weight is 375 g/mol. The highest BCUT2D eigenvalue weighted by atomic mass is 32.2. The van der Waals surface area contributed by atoms with E-state index >= 15 is 0 Å². The Morgan fingerprint density at radius 1 is 1.15 bits per heavy atom. The third kappa shape index (κ3) is 6.38. The quantitative estimate of drug-likeness (QED) is 0.493. The van der Waals surface area contributed by atoms with E-state index in [2.05, 4.69) is 11.3 Å². The Balaban J connectivity index is 2.05. The molecule has 0 aliphatic heterocycles. The van der Waals surface area contributed by atoms with Crippen LogP contribution in [0.1, 0.15) is 24.0 Å². The van der Waals surface area contributed by atoms with Crippen molar-refractivity contribution in [2.75, 3.05) is 6.54 Å². The van der Waals surface area contributed by atoms with Crippen LogP contribution in [0, 0.1) is 6.92 Å². The van der Waals surface area contributed by atoms with E-state index in [-0.39, 0.29) is 11.4 Å². The van der Waals surface area contributed by atoms with E-state index in [9.17, 15) is 13.6 Å². The van der Waals surface area contributed by atoms with Crippen molar-refractivity contribution in [3.05, 3.63) is 78.4 Å². The van der Waals surface area contributed by atoms with Gasteiger partial charge in [-0.1, -0.05) is 54.1 Å². The molecular weight excluding hydrogens is 348 g/mol. The molecule has 140 valence electrons. The van der Waals surface area contributed by atoms with Gasteiger partial charge in [-0.2, -0.15) is 5.06 Å². The Hall–Kier alpha value is -1.99. The molecule has 6 heteroatoms. The Morgan fingerprint density at radius 3 is 2.42 bits per heavy atom. The highest BCUT2D eigenvalue weighted by Gasteiger charge is 2.21. The van der Waals surface area contributed by atoms with Crippen molar-refractivity contribution < 1.29 is 13.6 Å². The largest absolute Gasteiger partial charge is 0.314 e. The summed E-state index contributed by atoms with van der Waals surface area (Å²) in [5.41, 5.74) is 1.95. The van der Waals surface area contributed by atoms with Gasteiger partial charge >= 0.3 is 0 Å². The molecule has 0 aliphatic carbocycles. The number of nitrogens with one attached hydrogen (secondary N) is 1. The van der Waals surface area contributed by atoms with Crippen LogP contribution in [0.4, 0.5) is 0 Å². The van der Waals surface area contributed by atoms with Gasteiger partial charge in [0.1, 0.15) is 0 Å². The summed E-state index contributed by atoms with van der Waals surface area (Å²) in [5.74, 6) is 0. The molecule has 1 atom stereocenters. The number of hydroxylamine groups is 2. The minimum Gasteiger partial charge on any atom is -0.314 e. The summed E-state index contributed by atoms with van der Waals surface area (Å²) in [6, 6.07) is 15.8. The van der Waals surface area contributed by atoms with Crippen LogP contribution in [-0.2, 0) is 16.6 Å². The fourth-order valence-corrected chi connectivity index (χ4v) is 3.89. The number of aryl methyl sites for hydroxylation is 1. The zero-order valence-electron chi connectivity index (χ0n) is 15.0. The Morgan fingerprint density at radius 2 is 1.81 bits per heavy atom. The molecule has 0 radical (unpaired) electrons. The molecular formula is C20H26N2O3S. The van der Waals surface area contributed by atoms with Crippen LogP contribution in [0.25, 0.3) is 0 Å². The molecule has 2 rings (SSSR count). The Kier molecular flexibility index (Phi) is 7.53. The third-order valence-electron chi connectivity index (χ3n) is 4.01. The first-order valence-corrected chi connectivity index (χ1v) is 10.1. The summed E-state index contributed by atoms with van der Waals surface area (Å²) in [5, 5.41) is 11.4. The van der Waals surface area contributed by atoms with Crippen molar-refractivity contribution in [1.82, 2.24) is 9.79 Å². The number of hydrogen-bond donors (Lipinski definition) is 2. The standard InChI is InChI=1S/C20H26N2O3S/c1-3-4-10-19(16-22(23)15-18-8-6-5-7-9-18)21-26(24,25)20-13-11-17(2)12-14-20/h3,5-9,11-14,19,21,23H,1,4,10,15-16H2,2H3. The summed E-state index contributed by atoms with van der Waals surface area (Å²) in [6.07, 6.45) is 2.95. The van der Waals surface area contributed by atoms with Crippen LogP contribution < -0.4 is 4.72 Å². The molecule has 0 saturated carbocycles. The molecule has 5 nitrogen and oxygen atoms in total. The van der Waals surface area contributed by atoms with E-state index < -0.39 is 16.1 Å². The number of hydrogen-bond acceptors (Lipinski definition) is 4. The molecule has 26 heavy (non-hydrogen) atoms. The van der Waals surface area contributed by atoms with Crippen LogP contribution in [0.5, 0.6) is 0 Å². The Bertz CT molecular complexity index is 790. The predicted molar refractivity (Wildman–Crippen MR) is 103 cm³/mol. The minimum absolute atomic E-state index is 0.188. The molecule has 0 amide bonds. The highest BCUT2D eigenvalue weighted by molar-refractivity contribution is 7.89. The summed E-state index contributed by atoms with van der Waals surface area (Å²) >= 11 is 0. The molecule has 2 N–H and O–H groups in total. The van der Waals surface area contributed by atoms with Crippen LogP contribution in [-0.4, -0.2) is 31.3 Å². The molecule has 0 spiro atoms. The smallest absolute Gasteiger partial charge is 0.240 e. The number of sulfonamides is 1. The number of rotatable bonds is 10. The zero-order chi connectivity index (χ0) is 19.0. The van der Waals surface area contributed by atoms with Crippen LogP contribution in [0.3, 0.4) is 0 Å². The van der Waals surface area contributed by atoms with Gasteiger partial charge in [-0.25, -0.2) is 13.1 Å². The zero-order valence-corrected chi connectivity index (χ0v) is 15.8. The van der Waals surface area contributed by atoms with Crippen molar-refractivity contribution in [3.63, 3.8) is 0 Å². The maximum atomic E-state index is 12.6. The van der Waals surface area contributed by atoms with Crippen LogP contribution in [0.2, 0.25) is 0 Å². The van der Waals surface area contributed by atoms with Gasteiger partial charge in [0, 0.05) is 19.1 Å². The number of allylic oxidation sites excluding steroid dienone is 1. The SMILES string of the molecule is C=CCCC(CN(O)Cc1ccccc1)NS(=O)(=O)c1ccc(C)cc1. The molecule has 0 aromatic heterocycles. The second-order valence-electron chi connectivity index (χ2n) is 6.33. The van der Waals surface area contributed by atoms with Gasteiger partial charge in [-0.3, -0.25) is 0 Å². The number of benzene rings is 2. The molecule has 2 aromatic carbocycles. The first-order chi connectivity index (χ1) is 12.4. The first-order valence-electron chi connectivity index (χ1n) is 8.58. The van der Waals surface area contributed by atoms with Crippen molar-refractivity contribution >= 4 is 10.0 Å². The third-order valence-corrected chi connectivity index (χ3v) is 5.55. The van der Waals surface area contributed by atoms with E-state index in [1.165, 1.54) is 0 Å². The summed E-state index contributed by atoms with van der Waals surface area (Å²) in [6.45, 7) is 6.12. The average Bonchev–Trinajstić information content (AvgIpc) is 2.60. The van der Waals surface area contributed by atoms with Gasteiger partial charge in [0.25, 0.3) is 0 Å². The normalized spacial score (nSPS) is 12.9. The maximum Gasteiger partial charge on any atom is 0.240 e. The molecule has 2 aromatic rings. The van der Waals surface area contributed by atoms with Crippen LogP contribution >= 0.6 is 0 Å². The fraction of sp³-hybridized carbons (Fsp3) is 0.300. The first kappa shape index (κ1) is 20.3. The molecule has 0 bridgehead atoms. The summed E-state index contributed by atoms with van der Waals surface area (Å²) in [4.78, 5) is 0.222. The van der Waals surface area contributed by atoms with Gasteiger partial charge in [0.15, 0.2) is 0 Å². The predicted octanol–water partition coefficient (Wildman–Crippen LogP) is 3.50. The molecule has 0 aliphatic rings. The van der Waals surface area contributed by atoms with Crippen molar-refractivity contribution in [2.24, 2.45) is 0 Å². The van der Waals surface area contributed by atoms with Crippen LogP contribution in [0.15, 0.2) is 72.1 Å². The lowest BCUT2D eigenvalue weighted by Gasteiger charge is -2.23. The monoisotopic (exact) mass is 374 g/mol. The Labute approximate surface area is 156 Å². The van der Waals surface area contributed by atoms with E-state index in [4.69, 9.17) is 0 Å². The fourth-order valence-electron chi connectivity index (χ4n) is 2.62. The molecule has 0 heterocycles. The van der Waals surface area contributed by atoms with E-state index in [1.807, 2.05) is 37.3 Å². The van der Waals surface area contributed by atoms with Gasteiger partial charge in [-0.05, 0) is 37.5 Å². The lowest BCUT2D eigenvalue weighted by molar-refractivity contribution is -0.104. The van der Waals surface area contributed by atoms with E-state index in [0.29, 0.717) is 19.4 Å². The van der Waals surface area contributed by atoms with Crippen molar-refractivity contribution in [2.45, 2.75) is 37.2 Å². The van der Waals surface area contributed by atoms with Crippen molar-refractivity contribution in [3.8, 4) is 0 Å². The summed E-state index contributed by atoms with van der Waals surface area (Å²) in [7, 11) is -3.65. The van der Waals surface area contributed by atoms with Gasteiger partial charge in [0.05, 0.1) is 4.90 Å². The highest BCUT2D eigenvalue weighted by Crippen LogP contribution is 2.13. The van der Waals surface area contributed by atoms with E-state index in [0.717, 1.165) is 16.2 Å². The minimum atomic E-state index is -3.65. The summed E-state index contributed by atoms with van der Waals surface area (Å²) < 4.78 is 27.9. The molecule has 1 unspecified atom stereocenters. The molecule has 0 fully saturated rings. The second kappa shape index (κ2) is 9.64. The van der Waals surface area contributed by atoms with Gasteiger partial charge in [-0.15, -0.1) is 6.58 Å².